The van der Waals surface area contributed by atoms with Crippen LogP contribution in [-0.2, 0) is 4.79 Å². The van der Waals surface area contributed by atoms with E-state index in [0.717, 1.165) is 29.8 Å². The zero-order valence-electron chi connectivity index (χ0n) is 13.7. The van der Waals surface area contributed by atoms with Crippen LogP contribution in [0.1, 0.15) is 42.3 Å². The fraction of sp³-hybridized carbons (Fsp3) is 0.368. The van der Waals surface area contributed by atoms with Crippen LogP contribution in [0.2, 0.25) is 0 Å². The van der Waals surface area contributed by atoms with Gasteiger partial charge in [-0.15, -0.1) is 0 Å². The van der Waals surface area contributed by atoms with Crippen LogP contribution < -0.4 is 0 Å². The van der Waals surface area contributed by atoms with Crippen molar-refractivity contribution in [3.63, 3.8) is 0 Å². The molecule has 0 radical (unpaired) electrons. The Morgan fingerprint density at radius 3 is 2.79 bits per heavy atom. The van der Waals surface area contributed by atoms with Gasteiger partial charge in [0, 0.05) is 5.69 Å². The molecule has 1 aromatic carbocycles. The van der Waals surface area contributed by atoms with E-state index >= 15 is 0 Å². The molecule has 1 aromatic heterocycles. The van der Waals surface area contributed by atoms with Crippen LogP contribution in [-0.4, -0.2) is 33.5 Å². The van der Waals surface area contributed by atoms with Gasteiger partial charge >= 0.3 is 5.97 Å². The number of piperidine rings is 1. The number of pyridine rings is 1. The molecule has 2 unspecified atom stereocenters. The molecule has 3 rings (SSSR count). The van der Waals surface area contributed by atoms with E-state index in [9.17, 15) is 14.3 Å². The Morgan fingerprint density at radius 2 is 2.08 bits per heavy atom. The minimum absolute atomic E-state index is 0.325. The Morgan fingerprint density at radius 1 is 1.29 bits per heavy atom. The first-order chi connectivity index (χ1) is 11.6. The molecule has 0 aliphatic carbocycles. The summed E-state index contributed by atoms with van der Waals surface area (Å²) >= 11 is 0. The highest BCUT2D eigenvalue weighted by Crippen LogP contribution is 2.33. The van der Waals surface area contributed by atoms with Gasteiger partial charge in [0.1, 0.15) is 11.9 Å². The van der Waals surface area contributed by atoms with E-state index < -0.39 is 12.0 Å². The SMILES string of the molecule is Cc1cccc(C(c2cccc(F)c2)N2CCCCC2C(=O)O)n1. The van der Waals surface area contributed by atoms with Gasteiger partial charge in [0.2, 0.25) is 0 Å². The minimum Gasteiger partial charge on any atom is -0.480 e. The number of carboxylic acid groups (broad SMARTS) is 1. The second-order valence-electron chi connectivity index (χ2n) is 6.25. The molecule has 2 heterocycles. The second-order valence-corrected chi connectivity index (χ2v) is 6.25. The van der Waals surface area contributed by atoms with Crippen LogP contribution >= 0.6 is 0 Å². The summed E-state index contributed by atoms with van der Waals surface area (Å²) in [5.41, 5.74) is 2.35. The molecule has 5 heteroatoms. The Hall–Kier alpha value is -2.27. The third-order valence-electron chi connectivity index (χ3n) is 4.52. The van der Waals surface area contributed by atoms with Gasteiger partial charge in [0.05, 0.1) is 11.7 Å². The summed E-state index contributed by atoms with van der Waals surface area (Å²) in [5, 5.41) is 9.62. The van der Waals surface area contributed by atoms with Gasteiger partial charge in [-0.3, -0.25) is 14.7 Å². The maximum absolute atomic E-state index is 13.8. The predicted octanol–water partition coefficient (Wildman–Crippen LogP) is 3.56. The van der Waals surface area contributed by atoms with E-state index in [-0.39, 0.29) is 11.9 Å². The van der Waals surface area contributed by atoms with Gasteiger partial charge in [-0.05, 0) is 56.1 Å². The third-order valence-corrected chi connectivity index (χ3v) is 4.52. The summed E-state index contributed by atoms with van der Waals surface area (Å²) in [4.78, 5) is 18.3. The van der Waals surface area contributed by atoms with Crippen molar-refractivity contribution in [3.8, 4) is 0 Å². The van der Waals surface area contributed by atoms with Gasteiger partial charge < -0.3 is 5.11 Å². The van der Waals surface area contributed by atoms with Crippen LogP contribution in [0.25, 0.3) is 0 Å². The van der Waals surface area contributed by atoms with Gasteiger partial charge in [-0.2, -0.15) is 0 Å². The van der Waals surface area contributed by atoms with E-state index in [1.165, 1.54) is 12.1 Å². The maximum Gasteiger partial charge on any atom is 0.320 e. The van der Waals surface area contributed by atoms with Gasteiger partial charge in [0.15, 0.2) is 0 Å². The molecule has 0 amide bonds. The zero-order valence-corrected chi connectivity index (χ0v) is 13.7. The van der Waals surface area contributed by atoms with Gasteiger partial charge in [-0.25, -0.2) is 4.39 Å². The first kappa shape index (κ1) is 16.6. The molecule has 2 aromatic rings. The number of rotatable bonds is 4. The summed E-state index contributed by atoms with van der Waals surface area (Å²) in [5.74, 6) is -1.15. The molecule has 24 heavy (non-hydrogen) atoms. The number of aryl methyl sites for hydroxylation is 1. The number of carbonyl (C=O) groups is 1. The number of hydrogen-bond donors (Lipinski definition) is 1. The standard InChI is InChI=1S/C19H21FN2O2/c1-13-6-4-9-16(21-13)18(14-7-5-8-15(20)12-14)22-11-3-2-10-17(22)19(23)24/h4-9,12,17-18H,2-3,10-11H2,1H3,(H,23,24). The van der Waals surface area contributed by atoms with Crippen molar-refractivity contribution >= 4 is 5.97 Å². The number of halogens is 1. The first-order valence-electron chi connectivity index (χ1n) is 8.24. The number of benzene rings is 1. The maximum atomic E-state index is 13.8. The molecule has 1 N–H and O–H groups in total. The molecule has 126 valence electrons. The molecule has 0 bridgehead atoms. The summed E-state index contributed by atoms with van der Waals surface area (Å²) in [6.45, 7) is 2.56. The molecule has 1 aliphatic heterocycles. The number of likely N-dealkylation sites (tertiary alicyclic amines) is 1. The van der Waals surface area contributed by atoms with Crippen molar-refractivity contribution in [1.82, 2.24) is 9.88 Å². The lowest BCUT2D eigenvalue weighted by Crippen LogP contribution is -2.47. The van der Waals surface area contributed by atoms with Gasteiger partial charge in [0.25, 0.3) is 0 Å². The predicted molar refractivity (Wildman–Crippen MR) is 89.2 cm³/mol. The van der Waals surface area contributed by atoms with Crippen LogP contribution in [0.3, 0.4) is 0 Å². The van der Waals surface area contributed by atoms with Crippen molar-refractivity contribution < 1.29 is 14.3 Å². The highest BCUT2D eigenvalue weighted by atomic mass is 19.1. The van der Waals surface area contributed by atoms with E-state index in [2.05, 4.69) is 4.98 Å². The lowest BCUT2D eigenvalue weighted by Gasteiger charge is -2.39. The average molecular weight is 328 g/mol. The van der Waals surface area contributed by atoms with Crippen LogP contribution in [0.5, 0.6) is 0 Å². The largest absolute Gasteiger partial charge is 0.480 e. The number of hydrogen-bond acceptors (Lipinski definition) is 3. The topological polar surface area (TPSA) is 53.4 Å². The summed E-state index contributed by atoms with van der Waals surface area (Å²) < 4.78 is 13.8. The highest BCUT2D eigenvalue weighted by Gasteiger charge is 2.35. The summed E-state index contributed by atoms with van der Waals surface area (Å²) in [6, 6.07) is 11.1. The first-order valence-corrected chi connectivity index (χ1v) is 8.24. The fourth-order valence-electron chi connectivity index (χ4n) is 3.45. The molecule has 2 atom stereocenters. The lowest BCUT2D eigenvalue weighted by atomic mass is 9.94. The van der Waals surface area contributed by atoms with E-state index in [1.807, 2.05) is 36.1 Å². The molecular formula is C19H21FN2O2. The fourth-order valence-corrected chi connectivity index (χ4v) is 3.45. The molecule has 0 saturated carbocycles. The average Bonchev–Trinajstić information content (AvgIpc) is 2.56. The second kappa shape index (κ2) is 7.09. The summed E-state index contributed by atoms with van der Waals surface area (Å²) in [7, 11) is 0. The van der Waals surface area contributed by atoms with E-state index in [4.69, 9.17) is 0 Å². The van der Waals surface area contributed by atoms with Crippen molar-refractivity contribution in [2.75, 3.05) is 6.54 Å². The van der Waals surface area contributed by atoms with Crippen molar-refractivity contribution in [3.05, 3.63) is 65.2 Å². The Bertz CT molecular complexity index is 689. The van der Waals surface area contributed by atoms with Crippen molar-refractivity contribution in [2.45, 2.75) is 38.3 Å². The van der Waals surface area contributed by atoms with Crippen LogP contribution in [0.15, 0.2) is 42.5 Å². The molecular weight excluding hydrogens is 307 g/mol. The molecule has 0 spiro atoms. The van der Waals surface area contributed by atoms with Gasteiger partial charge in [-0.1, -0.05) is 24.6 Å². The Kier molecular flexibility index (Phi) is 4.90. The van der Waals surface area contributed by atoms with Crippen molar-refractivity contribution in [1.29, 1.82) is 0 Å². The highest BCUT2D eigenvalue weighted by molar-refractivity contribution is 5.73. The monoisotopic (exact) mass is 328 g/mol. The quantitative estimate of drug-likeness (QED) is 0.932. The number of aliphatic carboxylic acids is 1. The molecule has 4 nitrogen and oxygen atoms in total. The number of aromatic nitrogens is 1. The number of nitrogens with zero attached hydrogens (tertiary/aromatic N) is 2. The zero-order chi connectivity index (χ0) is 17.1. The third kappa shape index (κ3) is 3.46. The van der Waals surface area contributed by atoms with Crippen molar-refractivity contribution in [2.24, 2.45) is 0 Å². The lowest BCUT2D eigenvalue weighted by molar-refractivity contribution is -0.145. The molecule has 1 saturated heterocycles. The normalized spacial score (nSPS) is 19.8. The smallest absolute Gasteiger partial charge is 0.320 e. The van der Waals surface area contributed by atoms with E-state index in [0.29, 0.717) is 13.0 Å². The minimum atomic E-state index is -0.830. The van der Waals surface area contributed by atoms with Crippen LogP contribution in [0.4, 0.5) is 4.39 Å². The number of carboxylic acids is 1. The Labute approximate surface area is 141 Å². The Balaban J connectivity index is 2.09. The van der Waals surface area contributed by atoms with E-state index in [1.54, 1.807) is 6.07 Å². The molecule has 1 aliphatic rings. The summed E-state index contributed by atoms with van der Waals surface area (Å²) in [6.07, 6.45) is 2.43. The van der Waals surface area contributed by atoms with Crippen LogP contribution in [0, 0.1) is 12.7 Å². The molecule has 1 fully saturated rings.